The number of aryl methyl sites for hydroxylation is 1. The molecule has 0 atom stereocenters. The maximum Gasteiger partial charge on any atom is 0.350 e. The molecule has 1 aliphatic rings. The number of aromatic nitrogens is 4. The zero-order chi connectivity index (χ0) is 26.1. The van der Waals surface area contributed by atoms with Crippen molar-refractivity contribution in [2.45, 2.75) is 4.90 Å². The van der Waals surface area contributed by atoms with Crippen molar-refractivity contribution >= 4 is 35.2 Å². The maximum atomic E-state index is 13.5. The van der Waals surface area contributed by atoms with Crippen LogP contribution >= 0.6 is 11.8 Å². The normalized spacial score (nSPS) is 13.3. The zero-order valence-corrected chi connectivity index (χ0v) is 21.4. The molecule has 0 aliphatic carbocycles. The minimum Gasteiger partial charge on any atom is -0.355 e. The number of urea groups is 1. The molecule has 3 amide bonds. The number of rotatable bonds is 6. The van der Waals surface area contributed by atoms with Gasteiger partial charge in [0.25, 0.3) is 5.91 Å². The predicted molar refractivity (Wildman–Crippen MR) is 144 cm³/mol. The van der Waals surface area contributed by atoms with Gasteiger partial charge in [-0.15, -0.1) is 11.8 Å². The summed E-state index contributed by atoms with van der Waals surface area (Å²) in [4.78, 5) is 46.5. The van der Waals surface area contributed by atoms with Crippen molar-refractivity contribution in [2.75, 3.05) is 36.2 Å². The summed E-state index contributed by atoms with van der Waals surface area (Å²) in [6.07, 6.45) is 5.15. The molecule has 3 heterocycles. The Morgan fingerprint density at radius 3 is 2.43 bits per heavy atom. The summed E-state index contributed by atoms with van der Waals surface area (Å²) in [5.41, 5.74) is 3.53. The number of benzene rings is 2. The van der Waals surface area contributed by atoms with Gasteiger partial charge in [-0.2, -0.15) is 5.10 Å². The van der Waals surface area contributed by atoms with Crippen molar-refractivity contribution in [2.24, 2.45) is 7.05 Å². The van der Waals surface area contributed by atoms with Crippen LogP contribution in [0, 0.1) is 0 Å². The van der Waals surface area contributed by atoms with Gasteiger partial charge in [0, 0.05) is 50.2 Å². The van der Waals surface area contributed by atoms with Crippen molar-refractivity contribution in [1.29, 1.82) is 0 Å². The molecule has 2 aromatic heterocycles. The van der Waals surface area contributed by atoms with Gasteiger partial charge in [0.2, 0.25) is 0 Å². The minimum atomic E-state index is -0.221. The van der Waals surface area contributed by atoms with Crippen LogP contribution in [0.4, 0.5) is 16.3 Å². The predicted octanol–water partition coefficient (Wildman–Crippen LogP) is 3.16. The Balaban J connectivity index is 1.45. The largest absolute Gasteiger partial charge is 0.355 e. The summed E-state index contributed by atoms with van der Waals surface area (Å²) in [5.74, 6) is 0.385. The van der Waals surface area contributed by atoms with E-state index >= 15 is 0 Å². The molecule has 1 aliphatic heterocycles. The number of thioether (sulfide) groups is 1. The van der Waals surface area contributed by atoms with Gasteiger partial charge in [0.15, 0.2) is 5.82 Å². The van der Waals surface area contributed by atoms with E-state index in [0.29, 0.717) is 35.8 Å². The van der Waals surface area contributed by atoms with Crippen LogP contribution < -0.4 is 20.8 Å². The Hall–Kier alpha value is -4.38. The molecule has 0 spiro atoms. The zero-order valence-electron chi connectivity index (χ0n) is 20.6. The highest BCUT2D eigenvalue weighted by Gasteiger charge is 2.33. The number of hydrogen-bond donors (Lipinski definition) is 1. The second-order valence-electron chi connectivity index (χ2n) is 8.38. The number of amides is 3. The topological polar surface area (TPSA) is 105 Å². The van der Waals surface area contributed by atoms with Gasteiger partial charge < -0.3 is 5.32 Å². The summed E-state index contributed by atoms with van der Waals surface area (Å²) < 4.78 is 2.76. The van der Waals surface area contributed by atoms with Gasteiger partial charge >= 0.3 is 11.7 Å². The van der Waals surface area contributed by atoms with Gasteiger partial charge in [-0.25, -0.2) is 23.8 Å². The average Bonchev–Trinajstić information content (AvgIpc) is 3.49. The fraction of sp³-hybridized carbons (Fsp3) is 0.192. The molecule has 1 fully saturated rings. The molecule has 2 aromatic carbocycles. The molecule has 0 saturated carbocycles. The van der Waals surface area contributed by atoms with Crippen molar-refractivity contribution in [3.05, 3.63) is 83.2 Å². The van der Waals surface area contributed by atoms with Crippen LogP contribution in [0.1, 0.15) is 10.4 Å². The molecule has 1 saturated heterocycles. The first-order valence-corrected chi connectivity index (χ1v) is 12.8. The Labute approximate surface area is 217 Å². The van der Waals surface area contributed by atoms with E-state index in [1.807, 2.05) is 42.7 Å². The summed E-state index contributed by atoms with van der Waals surface area (Å²) in [7, 11) is 3.18. The molecule has 37 heavy (non-hydrogen) atoms. The van der Waals surface area contributed by atoms with Crippen LogP contribution in [-0.2, 0) is 7.05 Å². The number of carbonyl (C=O) groups is 2. The van der Waals surface area contributed by atoms with Gasteiger partial charge in [0.05, 0.1) is 10.6 Å². The van der Waals surface area contributed by atoms with Crippen molar-refractivity contribution in [3.63, 3.8) is 0 Å². The van der Waals surface area contributed by atoms with Gasteiger partial charge in [-0.05, 0) is 48.2 Å². The van der Waals surface area contributed by atoms with E-state index in [2.05, 4.69) is 15.4 Å². The summed E-state index contributed by atoms with van der Waals surface area (Å²) in [6.45, 7) is 0.945. The lowest BCUT2D eigenvalue weighted by molar-refractivity contribution is 0.0963. The molecule has 1 N–H and O–H groups in total. The highest BCUT2D eigenvalue weighted by molar-refractivity contribution is 7.98. The number of hydrogen-bond acceptors (Lipinski definition) is 6. The number of carbonyl (C=O) groups excluding carboxylic acids is 2. The highest BCUT2D eigenvalue weighted by Crippen LogP contribution is 2.38. The van der Waals surface area contributed by atoms with E-state index in [4.69, 9.17) is 0 Å². The highest BCUT2D eigenvalue weighted by atomic mass is 32.2. The lowest BCUT2D eigenvalue weighted by atomic mass is 10.1. The van der Waals surface area contributed by atoms with Crippen LogP contribution in [0.3, 0.4) is 0 Å². The van der Waals surface area contributed by atoms with E-state index < -0.39 is 0 Å². The molecule has 5 rings (SSSR count). The van der Waals surface area contributed by atoms with E-state index in [1.165, 1.54) is 27.3 Å². The summed E-state index contributed by atoms with van der Waals surface area (Å²) in [5, 5.41) is 6.62. The third-order valence-corrected chi connectivity index (χ3v) is 7.09. The minimum absolute atomic E-state index is 0.194. The molecular formula is C26H25N7O3S. The van der Waals surface area contributed by atoms with Gasteiger partial charge in [0.1, 0.15) is 6.33 Å². The first kappa shape index (κ1) is 24.3. The molecule has 10 nitrogen and oxygen atoms in total. The molecular weight excluding hydrogens is 490 g/mol. The van der Waals surface area contributed by atoms with Gasteiger partial charge in [-0.3, -0.25) is 14.6 Å². The van der Waals surface area contributed by atoms with Crippen molar-refractivity contribution < 1.29 is 9.59 Å². The van der Waals surface area contributed by atoms with Crippen LogP contribution in [-0.4, -0.2) is 57.7 Å². The number of pyridine rings is 1. The smallest absolute Gasteiger partial charge is 0.350 e. The van der Waals surface area contributed by atoms with E-state index in [0.717, 1.165) is 16.0 Å². The first-order valence-electron chi connectivity index (χ1n) is 11.6. The fourth-order valence-corrected chi connectivity index (χ4v) is 5.10. The number of nitrogens with one attached hydrogen (secondary N) is 1. The molecule has 4 aromatic rings. The molecule has 0 radical (unpaired) electrons. The van der Waals surface area contributed by atoms with Gasteiger partial charge in [-0.1, -0.05) is 18.2 Å². The van der Waals surface area contributed by atoms with E-state index in [9.17, 15) is 14.4 Å². The van der Waals surface area contributed by atoms with Crippen LogP contribution in [0.5, 0.6) is 0 Å². The average molecular weight is 516 g/mol. The van der Waals surface area contributed by atoms with Crippen molar-refractivity contribution in [3.8, 4) is 16.8 Å². The lowest BCUT2D eigenvalue weighted by Gasteiger charge is -2.21. The third kappa shape index (κ3) is 4.38. The Morgan fingerprint density at radius 1 is 1.00 bits per heavy atom. The standard InChI is InChI=1S/C26H25N7O3S/c1-27-24(34)18-5-4-6-20(15-18)31-13-14-32(26(31)36)23-22(37-3)21(11-12-28-23)17-7-9-19(10-8-17)33-16-29-30(2)25(33)35/h4-12,15-16H,13-14H2,1-3H3,(H,27,34). The monoisotopic (exact) mass is 515 g/mol. The van der Waals surface area contributed by atoms with E-state index in [-0.39, 0.29) is 17.6 Å². The number of nitrogens with zero attached hydrogens (tertiary/aromatic N) is 6. The van der Waals surface area contributed by atoms with Crippen LogP contribution in [0.15, 0.2) is 76.8 Å². The summed E-state index contributed by atoms with van der Waals surface area (Å²) in [6, 6.07) is 16.4. The first-order chi connectivity index (χ1) is 17.9. The molecule has 11 heteroatoms. The van der Waals surface area contributed by atoms with Crippen molar-refractivity contribution in [1.82, 2.24) is 24.6 Å². The second kappa shape index (κ2) is 9.94. The maximum absolute atomic E-state index is 13.5. The second-order valence-corrected chi connectivity index (χ2v) is 9.20. The Morgan fingerprint density at radius 2 is 1.76 bits per heavy atom. The lowest BCUT2D eigenvalue weighted by Crippen LogP contribution is -2.32. The fourth-order valence-electron chi connectivity index (χ4n) is 4.35. The third-order valence-electron chi connectivity index (χ3n) is 6.28. The molecule has 0 unspecified atom stereocenters. The van der Waals surface area contributed by atoms with Crippen LogP contribution in [0.2, 0.25) is 0 Å². The number of anilines is 2. The quantitative estimate of drug-likeness (QED) is 0.396. The Bertz CT molecular complexity index is 1540. The molecule has 188 valence electrons. The SMILES string of the molecule is CNC(=O)c1cccc(N2CCN(c3nccc(-c4ccc(-n5cnn(C)c5=O)cc4)c3SC)C2=O)c1. The Kier molecular flexibility index (Phi) is 6.53. The summed E-state index contributed by atoms with van der Waals surface area (Å²) >= 11 is 1.52. The van der Waals surface area contributed by atoms with Crippen LogP contribution in [0.25, 0.3) is 16.8 Å². The van der Waals surface area contributed by atoms with E-state index in [1.54, 1.807) is 48.3 Å². The molecule has 0 bridgehead atoms.